The van der Waals surface area contributed by atoms with Crippen LogP contribution in [0.15, 0.2) is 11.2 Å². The lowest BCUT2D eigenvalue weighted by Crippen LogP contribution is -2.49. The minimum absolute atomic E-state index is 0.155. The zero-order valence-electron chi connectivity index (χ0n) is 11.9. The van der Waals surface area contributed by atoms with Gasteiger partial charge in [0.1, 0.15) is 5.82 Å². The number of piperazine rings is 1. The highest BCUT2D eigenvalue weighted by Gasteiger charge is 2.30. The molecule has 0 radical (unpaired) electrons. The average Bonchev–Trinajstić information content (AvgIpc) is 2.82. The van der Waals surface area contributed by atoms with Crippen molar-refractivity contribution in [3.8, 4) is 0 Å². The van der Waals surface area contributed by atoms with Crippen LogP contribution in [0.25, 0.3) is 0 Å². The topological polar surface area (TPSA) is 58.4 Å². The predicted octanol–water partition coefficient (Wildman–Crippen LogP) is 0.757. The van der Waals surface area contributed by atoms with Gasteiger partial charge in [0.2, 0.25) is 0 Å². The third kappa shape index (κ3) is 3.16. The predicted molar refractivity (Wildman–Crippen MR) is 78.6 cm³/mol. The lowest BCUT2D eigenvalue weighted by molar-refractivity contribution is 0.197. The molecule has 0 saturated carbocycles. The highest BCUT2D eigenvalue weighted by Crippen LogP contribution is 2.17. The van der Waals surface area contributed by atoms with E-state index in [4.69, 9.17) is 11.6 Å². The van der Waals surface area contributed by atoms with Gasteiger partial charge in [0.15, 0.2) is 5.03 Å². The largest absolute Gasteiger partial charge is 0.334 e. The quantitative estimate of drug-likeness (QED) is 0.752. The van der Waals surface area contributed by atoms with E-state index in [0.29, 0.717) is 19.0 Å². The number of aryl methyl sites for hydroxylation is 2. The average molecular weight is 321 g/mol. The van der Waals surface area contributed by atoms with Gasteiger partial charge < -0.3 is 4.57 Å². The molecule has 2 heterocycles. The number of sulfonamides is 1. The summed E-state index contributed by atoms with van der Waals surface area (Å²) >= 11 is 5.71. The number of alkyl halides is 1. The molecule has 0 spiro atoms. The molecule has 0 atom stereocenters. The molecule has 114 valence electrons. The summed E-state index contributed by atoms with van der Waals surface area (Å²) in [7, 11) is -3.47. The van der Waals surface area contributed by atoms with Crippen LogP contribution in [0.3, 0.4) is 0 Å². The van der Waals surface area contributed by atoms with E-state index in [1.54, 1.807) is 6.20 Å². The number of hydrogen-bond acceptors (Lipinski definition) is 4. The summed E-state index contributed by atoms with van der Waals surface area (Å²) in [6.45, 7) is 7.75. The van der Waals surface area contributed by atoms with Crippen molar-refractivity contribution in [1.82, 2.24) is 18.8 Å². The molecular formula is C12H21ClN4O2S. The highest BCUT2D eigenvalue weighted by atomic mass is 35.5. The van der Waals surface area contributed by atoms with Crippen LogP contribution in [0.5, 0.6) is 0 Å². The number of imidazole rings is 1. The summed E-state index contributed by atoms with van der Waals surface area (Å²) in [6.07, 6.45) is 1.62. The normalized spacial score (nSPS) is 18.6. The first-order valence-electron chi connectivity index (χ1n) is 6.81. The van der Waals surface area contributed by atoms with E-state index in [2.05, 4.69) is 9.88 Å². The molecule has 1 saturated heterocycles. The molecule has 0 amide bonds. The Morgan fingerprint density at radius 1 is 1.30 bits per heavy atom. The van der Waals surface area contributed by atoms with Gasteiger partial charge in [0.05, 0.1) is 0 Å². The Balaban J connectivity index is 2.11. The second-order valence-corrected chi connectivity index (χ2v) is 7.11. The maximum absolute atomic E-state index is 12.5. The molecule has 0 unspecified atom stereocenters. The van der Waals surface area contributed by atoms with E-state index >= 15 is 0 Å². The van der Waals surface area contributed by atoms with Gasteiger partial charge in [-0.05, 0) is 13.8 Å². The Kier molecular flexibility index (Phi) is 5.06. The minimum Gasteiger partial charge on any atom is -0.334 e. The third-order valence-electron chi connectivity index (χ3n) is 3.63. The Hall–Kier alpha value is -0.630. The van der Waals surface area contributed by atoms with Crippen molar-refractivity contribution in [3.05, 3.63) is 12.0 Å². The summed E-state index contributed by atoms with van der Waals surface area (Å²) in [6, 6.07) is 0. The molecule has 1 aliphatic rings. The van der Waals surface area contributed by atoms with Gasteiger partial charge in [-0.15, -0.1) is 11.6 Å². The second-order valence-electron chi connectivity index (χ2n) is 4.85. The number of hydrogen-bond donors (Lipinski definition) is 0. The van der Waals surface area contributed by atoms with Gasteiger partial charge in [-0.1, -0.05) is 0 Å². The minimum atomic E-state index is -3.47. The molecule has 0 aromatic carbocycles. The van der Waals surface area contributed by atoms with Gasteiger partial charge in [-0.2, -0.15) is 4.31 Å². The molecule has 8 heteroatoms. The lowest BCUT2D eigenvalue weighted by atomic mass is 10.4. The van der Waals surface area contributed by atoms with Crippen LogP contribution in [-0.2, 0) is 16.6 Å². The van der Waals surface area contributed by atoms with Gasteiger partial charge in [-0.3, -0.25) is 4.90 Å². The molecule has 1 aromatic rings. The van der Waals surface area contributed by atoms with E-state index in [0.717, 1.165) is 32.0 Å². The van der Waals surface area contributed by atoms with E-state index in [-0.39, 0.29) is 5.03 Å². The van der Waals surface area contributed by atoms with Crippen LogP contribution < -0.4 is 0 Å². The number of aromatic nitrogens is 2. The van der Waals surface area contributed by atoms with E-state index < -0.39 is 10.0 Å². The first-order valence-corrected chi connectivity index (χ1v) is 8.78. The molecule has 2 rings (SSSR count). The Morgan fingerprint density at radius 2 is 1.95 bits per heavy atom. The molecule has 0 N–H and O–H groups in total. The van der Waals surface area contributed by atoms with Crippen molar-refractivity contribution in [2.75, 3.05) is 38.6 Å². The summed E-state index contributed by atoms with van der Waals surface area (Å²) in [5, 5.41) is 0.155. The van der Waals surface area contributed by atoms with Crippen molar-refractivity contribution in [3.63, 3.8) is 0 Å². The van der Waals surface area contributed by atoms with Crippen molar-refractivity contribution in [1.29, 1.82) is 0 Å². The van der Waals surface area contributed by atoms with Gasteiger partial charge in [0.25, 0.3) is 10.0 Å². The number of nitrogens with zero attached hydrogens (tertiary/aromatic N) is 4. The van der Waals surface area contributed by atoms with Crippen molar-refractivity contribution in [2.24, 2.45) is 0 Å². The number of rotatable bonds is 5. The molecule has 0 aliphatic carbocycles. The van der Waals surface area contributed by atoms with Crippen molar-refractivity contribution < 1.29 is 8.42 Å². The zero-order chi connectivity index (χ0) is 14.8. The fraction of sp³-hybridized carbons (Fsp3) is 0.750. The van der Waals surface area contributed by atoms with Gasteiger partial charge in [-0.25, -0.2) is 13.4 Å². The maximum Gasteiger partial charge on any atom is 0.262 e. The third-order valence-corrected chi connectivity index (χ3v) is 5.57. The first kappa shape index (κ1) is 15.8. The fourth-order valence-electron chi connectivity index (χ4n) is 2.37. The monoisotopic (exact) mass is 320 g/mol. The SMILES string of the molecule is CCn1cc(S(=O)(=O)N2CCN(CCCl)CC2)nc1C. The summed E-state index contributed by atoms with van der Waals surface area (Å²) in [5.41, 5.74) is 0. The summed E-state index contributed by atoms with van der Waals surface area (Å²) < 4.78 is 28.4. The molecule has 20 heavy (non-hydrogen) atoms. The Bertz CT molecular complexity index is 550. The van der Waals surface area contributed by atoms with Crippen molar-refractivity contribution in [2.45, 2.75) is 25.4 Å². The highest BCUT2D eigenvalue weighted by molar-refractivity contribution is 7.89. The van der Waals surface area contributed by atoms with E-state index in [1.807, 2.05) is 18.4 Å². The van der Waals surface area contributed by atoms with E-state index in [9.17, 15) is 8.42 Å². The fourth-order valence-corrected chi connectivity index (χ4v) is 4.02. The zero-order valence-corrected chi connectivity index (χ0v) is 13.5. The number of halogens is 1. The van der Waals surface area contributed by atoms with Crippen molar-refractivity contribution >= 4 is 21.6 Å². The lowest BCUT2D eigenvalue weighted by Gasteiger charge is -2.33. The van der Waals surface area contributed by atoms with Crippen LogP contribution in [0, 0.1) is 6.92 Å². The van der Waals surface area contributed by atoms with Gasteiger partial charge in [0, 0.05) is 51.3 Å². The maximum atomic E-state index is 12.5. The molecule has 1 aliphatic heterocycles. The smallest absolute Gasteiger partial charge is 0.262 e. The molecular weight excluding hydrogens is 300 g/mol. The first-order chi connectivity index (χ1) is 9.48. The van der Waals surface area contributed by atoms with Gasteiger partial charge >= 0.3 is 0 Å². The standard InChI is InChI=1S/C12H21ClN4O2S/c1-3-16-10-12(14-11(16)2)20(18,19)17-8-6-15(5-4-13)7-9-17/h10H,3-9H2,1-2H3. The molecule has 1 aromatic heterocycles. The van der Waals surface area contributed by atoms with E-state index in [1.165, 1.54) is 4.31 Å². The molecule has 1 fully saturated rings. The van der Waals surface area contributed by atoms with Crippen LogP contribution in [0.1, 0.15) is 12.7 Å². The summed E-state index contributed by atoms with van der Waals surface area (Å²) in [4.78, 5) is 6.36. The summed E-state index contributed by atoms with van der Waals surface area (Å²) in [5.74, 6) is 1.30. The Morgan fingerprint density at radius 3 is 2.45 bits per heavy atom. The van der Waals surface area contributed by atoms with Crippen LogP contribution >= 0.6 is 11.6 Å². The second kappa shape index (κ2) is 6.43. The molecule has 0 bridgehead atoms. The van der Waals surface area contributed by atoms with Crippen LogP contribution in [0.2, 0.25) is 0 Å². The molecule has 6 nitrogen and oxygen atoms in total. The van der Waals surface area contributed by atoms with Crippen LogP contribution in [-0.4, -0.2) is 65.8 Å². The van der Waals surface area contributed by atoms with Crippen LogP contribution in [0.4, 0.5) is 0 Å². The Labute approximate surface area is 125 Å².